The first-order valence-corrected chi connectivity index (χ1v) is 10.3. The van der Waals surface area contributed by atoms with E-state index in [1.54, 1.807) is 0 Å². The van der Waals surface area contributed by atoms with Crippen LogP contribution in [0.25, 0.3) is 0 Å². The summed E-state index contributed by atoms with van der Waals surface area (Å²) in [5.41, 5.74) is 7.53. The molecule has 0 aliphatic carbocycles. The lowest BCUT2D eigenvalue weighted by Crippen LogP contribution is -2.32. The number of rotatable bonds is 2. The van der Waals surface area contributed by atoms with E-state index in [0.717, 1.165) is 0 Å². The van der Waals surface area contributed by atoms with Crippen LogP contribution in [0.1, 0.15) is 104 Å². The Kier molecular flexibility index (Phi) is 5.47. The van der Waals surface area contributed by atoms with E-state index < -0.39 is 0 Å². The third-order valence-corrected chi connectivity index (χ3v) is 5.74. The van der Waals surface area contributed by atoms with Crippen molar-refractivity contribution >= 4 is 0 Å². The van der Waals surface area contributed by atoms with Gasteiger partial charge in [-0.25, -0.2) is 0 Å². The number of benzene rings is 2. The standard InChI is InChI=1S/C27H40/c1-24(2,3)20-17-21(25(4,5)6)23(22(18-20)26(7,8)9)27(10,11)19-15-13-12-14-16-19/h12-18H,1-11H3. The van der Waals surface area contributed by atoms with Crippen LogP contribution in [0.4, 0.5) is 0 Å². The molecule has 0 aliphatic heterocycles. The average Bonchev–Trinajstić information content (AvgIpc) is 2.52. The molecule has 0 saturated heterocycles. The summed E-state index contributed by atoms with van der Waals surface area (Å²) in [5, 5.41) is 0. The van der Waals surface area contributed by atoms with E-state index in [1.165, 1.54) is 27.8 Å². The van der Waals surface area contributed by atoms with Gasteiger partial charge in [-0.05, 0) is 44.1 Å². The van der Waals surface area contributed by atoms with Crippen LogP contribution in [-0.4, -0.2) is 0 Å². The van der Waals surface area contributed by atoms with E-state index >= 15 is 0 Å². The van der Waals surface area contributed by atoms with Gasteiger partial charge in [-0.15, -0.1) is 0 Å². The Morgan fingerprint density at radius 1 is 0.481 bits per heavy atom. The third-order valence-electron chi connectivity index (χ3n) is 5.74. The van der Waals surface area contributed by atoms with Gasteiger partial charge in [0.05, 0.1) is 0 Å². The van der Waals surface area contributed by atoms with E-state index in [0.29, 0.717) is 0 Å². The molecule has 0 heterocycles. The van der Waals surface area contributed by atoms with Gasteiger partial charge in [0.25, 0.3) is 0 Å². The Labute approximate surface area is 168 Å². The molecule has 0 atom stereocenters. The normalized spacial score (nSPS) is 13.7. The van der Waals surface area contributed by atoms with E-state index in [2.05, 4.69) is 119 Å². The molecule has 0 N–H and O–H groups in total. The summed E-state index contributed by atoms with van der Waals surface area (Å²) in [4.78, 5) is 0. The molecule has 2 rings (SSSR count). The van der Waals surface area contributed by atoms with Crippen LogP contribution in [-0.2, 0) is 21.7 Å². The predicted molar refractivity (Wildman–Crippen MR) is 121 cm³/mol. The highest BCUT2D eigenvalue weighted by molar-refractivity contribution is 5.54. The van der Waals surface area contributed by atoms with Crippen LogP contribution < -0.4 is 0 Å². The zero-order valence-electron chi connectivity index (χ0n) is 19.5. The van der Waals surface area contributed by atoms with Crippen molar-refractivity contribution in [2.45, 2.75) is 97.8 Å². The van der Waals surface area contributed by atoms with Gasteiger partial charge in [-0.3, -0.25) is 0 Å². The average molecular weight is 365 g/mol. The molecule has 148 valence electrons. The van der Waals surface area contributed by atoms with Gasteiger partial charge < -0.3 is 0 Å². The van der Waals surface area contributed by atoms with Crippen molar-refractivity contribution in [1.82, 2.24) is 0 Å². The predicted octanol–water partition coefficient (Wildman–Crippen LogP) is 7.91. The molecule has 0 amide bonds. The fourth-order valence-corrected chi connectivity index (χ4v) is 3.93. The van der Waals surface area contributed by atoms with Crippen molar-refractivity contribution in [3.8, 4) is 0 Å². The fraction of sp³-hybridized carbons (Fsp3) is 0.556. The van der Waals surface area contributed by atoms with Crippen molar-refractivity contribution in [3.05, 3.63) is 70.3 Å². The van der Waals surface area contributed by atoms with Crippen LogP contribution in [0.5, 0.6) is 0 Å². The van der Waals surface area contributed by atoms with Crippen molar-refractivity contribution in [2.24, 2.45) is 0 Å². The highest BCUT2D eigenvalue weighted by atomic mass is 14.4. The molecule has 0 radical (unpaired) electrons. The maximum absolute atomic E-state index is 2.48. The number of hydrogen-bond acceptors (Lipinski definition) is 0. The van der Waals surface area contributed by atoms with E-state index in [-0.39, 0.29) is 21.7 Å². The summed E-state index contributed by atoms with van der Waals surface area (Å²) in [6.07, 6.45) is 0. The summed E-state index contributed by atoms with van der Waals surface area (Å²) >= 11 is 0. The minimum absolute atomic E-state index is 0.0527. The third kappa shape index (κ3) is 4.48. The van der Waals surface area contributed by atoms with Gasteiger partial charge in [0.1, 0.15) is 0 Å². The van der Waals surface area contributed by atoms with Gasteiger partial charge in [0.15, 0.2) is 0 Å². The zero-order valence-corrected chi connectivity index (χ0v) is 19.5. The second kappa shape index (κ2) is 6.80. The molecule has 27 heavy (non-hydrogen) atoms. The van der Waals surface area contributed by atoms with Crippen LogP contribution in [0.2, 0.25) is 0 Å². The van der Waals surface area contributed by atoms with Crippen LogP contribution in [0.3, 0.4) is 0 Å². The van der Waals surface area contributed by atoms with E-state index in [4.69, 9.17) is 0 Å². The van der Waals surface area contributed by atoms with E-state index in [9.17, 15) is 0 Å². The summed E-state index contributed by atoms with van der Waals surface area (Å²) in [5.74, 6) is 0. The SMILES string of the molecule is CC(C)(C)c1cc(C(C)(C)C)c(C(C)(C)c2ccccc2)c(C(C)(C)C)c1. The summed E-state index contributed by atoms with van der Waals surface area (Å²) in [7, 11) is 0. The second-order valence-electron chi connectivity index (χ2n) is 11.7. The summed E-state index contributed by atoms with van der Waals surface area (Å²) in [6.45, 7) is 25.9. The quantitative estimate of drug-likeness (QED) is 0.508. The first kappa shape index (κ1) is 21.7. The molecular weight excluding hydrogens is 324 g/mol. The Bertz CT molecular complexity index is 750. The molecule has 2 aromatic carbocycles. The molecule has 0 bridgehead atoms. The Hall–Kier alpha value is -1.56. The smallest absolute Gasteiger partial charge is 0.0152 e. The van der Waals surface area contributed by atoms with Gasteiger partial charge in [-0.2, -0.15) is 0 Å². The van der Waals surface area contributed by atoms with Gasteiger partial charge >= 0.3 is 0 Å². The molecule has 0 aliphatic rings. The molecule has 0 saturated carbocycles. The lowest BCUT2D eigenvalue weighted by molar-refractivity contribution is 0.505. The van der Waals surface area contributed by atoms with Gasteiger partial charge in [0.2, 0.25) is 0 Å². The lowest BCUT2D eigenvalue weighted by Gasteiger charge is -2.40. The Balaban J connectivity index is 2.98. The fourth-order valence-electron chi connectivity index (χ4n) is 3.93. The number of hydrogen-bond donors (Lipinski definition) is 0. The molecule has 0 aromatic heterocycles. The first-order chi connectivity index (χ1) is 12.1. The maximum Gasteiger partial charge on any atom is 0.0152 e. The molecule has 0 unspecified atom stereocenters. The molecule has 2 aromatic rings. The summed E-state index contributed by atoms with van der Waals surface area (Å²) in [6, 6.07) is 15.9. The van der Waals surface area contributed by atoms with Crippen molar-refractivity contribution in [1.29, 1.82) is 0 Å². The Morgan fingerprint density at radius 3 is 1.22 bits per heavy atom. The highest BCUT2D eigenvalue weighted by Crippen LogP contribution is 2.45. The van der Waals surface area contributed by atoms with E-state index in [1.807, 2.05) is 0 Å². The minimum Gasteiger partial charge on any atom is -0.0622 e. The monoisotopic (exact) mass is 364 g/mol. The highest BCUT2D eigenvalue weighted by Gasteiger charge is 2.36. The van der Waals surface area contributed by atoms with Crippen molar-refractivity contribution in [2.75, 3.05) is 0 Å². The molecule has 0 spiro atoms. The van der Waals surface area contributed by atoms with Crippen molar-refractivity contribution in [3.63, 3.8) is 0 Å². The molecular formula is C27H40. The largest absolute Gasteiger partial charge is 0.0622 e. The van der Waals surface area contributed by atoms with Gasteiger partial charge in [0, 0.05) is 5.41 Å². The van der Waals surface area contributed by atoms with Gasteiger partial charge in [-0.1, -0.05) is 119 Å². The topological polar surface area (TPSA) is 0 Å². The molecule has 0 nitrogen and oxygen atoms in total. The van der Waals surface area contributed by atoms with Crippen molar-refractivity contribution < 1.29 is 0 Å². The molecule has 0 fully saturated rings. The van der Waals surface area contributed by atoms with Crippen LogP contribution in [0, 0.1) is 0 Å². The summed E-state index contributed by atoms with van der Waals surface area (Å²) < 4.78 is 0. The molecule has 0 heteroatoms. The second-order valence-corrected chi connectivity index (χ2v) is 11.7. The minimum atomic E-state index is -0.0527. The van der Waals surface area contributed by atoms with Crippen LogP contribution >= 0.6 is 0 Å². The van der Waals surface area contributed by atoms with Crippen LogP contribution in [0.15, 0.2) is 42.5 Å². The zero-order chi connectivity index (χ0) is 20.8. The lowest BCUT2D eigenvalue weighted by atomic mass is 9.64. The first-order valence-electron chi connectivity index (χ1n) is 10.3. The Morgan fingerprint density at radius 2 is 0.889 bits per heavy atom. The maximum atomic E-state index is 2.48.